The summed E-state index contributed by atoms with van der Waals surface area (Å²) >= 11 is 18.0. The van der Waals surface area contributed by atoms with Crippen LogP contribution in [0.15, 0.2) is 65.7 Å². The van der Waals surface area contributed by atoms with Crippen LogP contribution in [0.2, 0.25) is 15.1 Å². The van der Waals surface area contributed by atoms with Gasteiger partial charge < -0.3 is 14.7 Å². The summed E-state index contributed by atoms with van der Waals surface area (Å²) < 4.78 is 5.81. The molecule has 0 amide bonds. The van der Waals surface area contributed by atoms with Crippen LogP contribution in [0.1, 0.15) is 17.3 Å². The van der Waals surface area contributed by atoms with Crippen LogP contribution in [0.25, 0.3) is 0 Å². The first-order valence-electron chi connectivity index (χ1n) is 8.65. The fraction of sp³-hybridized carbons (Fsp3) is 0.0952. The average molecular weight is 450 g/mol. The molecule has 4 rings (SSSR count). The molecule has 0 aliphatic carbocycles. The second kappa shape index (κ2) is 8.51. The Hall–Kier alpha value is -2.44. The third-order valence-electron chi connectivity index (χ3n) is 4.29. The quantitative estimate of drug-likeness (QED) is 0.475. The maximum atomic E-state index is 9.76. The van der Waals surface area contributed by atoms with E-state index in [0.29, 0.717) is 28.6 Å². The van der Waals surface area contributed by atoms with Gasteiger partial charge in [-0.05, 0) is 53.6 Å². The van der Waals surface area contributed by atoms with Crippen molar-refractivity contribution in [2.75, 3.05) is 0 Å². The monoisotopic (exact) mass is 448 g/mol. The lowest BCUT2D eigenvalue weighted by Gasteiger charge is -2.21. The Bertz CT molecular complexity index is 1030. The minimum atomic E-state index is -0.423. The molecule has 1 aliphatic heterocycles. The van der Waals surface area contributed by atoms with Crippen LogP contribution in [-0.4, -0.2) is 16.6 Å². The highest BCUT2D eigenvalue weighted by Gasteiger charge is 2.26. The molecular formula is C21H15Cl3N2O3. The third kappa shape index (κ3) is 4.60. The van der Waals surface area contributed by atoms with Crippen molar-refractivity contribution in [2.45, 2.75) is 12.7 Å². The molecule has 8 heteroatoms. The van der Waals surface area contributed by atoms with Crippen molar-refractivity contribution in [1.82, 2.24) is 5.06 Å². The van der Waals surface area contributed by atoms with E-state index in [1.165, 1.54) is 6.40 Å². The lowest BCUT2D eigenvalue weighted by Crippen LogP contribution is -2.22. The Morgan fingerprint density at radius 1 is 0.966 bits per heavy atom. The van der Waals surface area contributed by atoms with E-state index in [9.17, 15) is 5.11 Å². The topological polar surface area (TPSA) is 54.3 Å². The minimum absolute atomic E-state index is 0.151. The second-order valence-electron chi connectivity index (χ2n) is 6.35. The van der Waals surface area contributed by atoms with Crippen LogP contribution < -0.4 is 4.74 Å². The van der Waals surface area contributed by atoms with Gasteiger partial charge in [0.1, 0.15) is 11.5 Å². The van der Waals surface area contributed by atoms with E-state index in [2.05, 4.69) is 4.99 Å². The zero-order valence-electron chi connectivity index (χ0n) is 14.9. The predicted octanol–water partition coefficient (Wildman–Crippen LogP) is 6.62. The molecule has 1 unspecified atom stereocenters. The summed E-state index contributed by atoms with van der Waals surface area (Å²) in [5, 5.41) is 12.4. The molecule has 29 heavy (non-hydrogen) atoms. The van der Waals surface area contributed by atoms with Crippen molar-refractivity contribution in [3.8, 4) is 17.2 Å². The Morgan fingerprint density at radius 2 is 1.69 bits per heavy atom. The van der Waals surface area contributed by atoms with Gasteiger partial charge in [-0.3, -0.25) is 0 Å². The molecule has 5 nitrogen and oxygen atoms in total. The third-order valence-corrected chi connectivity index (χ3v) is 5.10. The molecule has 148 valence electrons. The van der Waals surface area contributed by atoms with Crippen molar-refractivity contribution < 1.29 is 14.7 Å². The van der Waals surface area contributed by atoms with Crippen molar-refractivity contribution in [3.63, 3.8) is 0 Å². The van der Waals surface area contributed by atoms with Gasteiger partial charge in [0.15, 0.2) is 18.3 Å². The van der Waals surface area contributed by atoms with Gasteiger partial charge in [-0.1, -0.05) is 53.0 Å². The van der Waals surface area contributed by atoms with Crippen LogP contribution in [-0.2, 0) is 11.4 Å². The number of halogens is 3. The molecule has 0 spiro atoms. The summed E-state index contributed by atoms with van der Waals surface area (Å²) in [4.78, 5) is 9.84. The first-order valence-corrected chi connectivity index (χ1v) is 9.78. The van der Waals surface area contributed by atoms with Crippen LogP contribution in [0, 0.1) is 0 Å². The standard InChI is InChI=1S/C21H15Cl3N2O3/c22-15-2-1-3-17(10-15)29-16-6-4-13(5-7-16)11-26-21(25-12-28-26)14-8-18(23)20(27)19(24)9-14/h1-10,12,21,27H,11H2. The number of ether oxygens (including phenoxy) is 1. The van der Waals surface area contributed by atoms with E-state index in [4.69, 9.17) is 44.4 Å². The van der Waals surface area contributed by atoms with Crippen molar-refractivity contribution in [1.29, 1.82) is 0 Å². The molecule has 3 aromatic carbocycles. The second-order valence-corrected chi connectivity index (χ2v) is 7.60. The molecule has 1 atom stereocenters. The number of aliphatic imine (C=N–C) groups is 1. The summed E-state index contributed by atoms with van der Waals surface area (Å²) in [7, 11) is 0. The Balaban J connectivity index is 1.46. The number of hydrogen-bond donors (Lipinski definition) is 1. The first kappa shape index (κ1) is 19.9. The summed E-state index contributed by atoms with van der Waals surface area (Å²) in [5.74, 6) is 1.22. The predicted molar refractivity (Wildman–Crippen MR) is 114 cm³/mol. The van der Waals surface area contributed by atoms with E-state index < -0.39 is 6.17 Å². The summed E-state index contributed by atoms with van der Waals surface area (Å²) in [6, 6.07) is 18.1. The van der Waals surface area contributed by atoms with Crippen LogP contribution in [0.5, 0.6) is 17.2 Å². The Morgan fingerprint density at radius 3 is 2.38 bits per heavy atom. The van der Waals surface area contributed by atoms with Crippen molar-refractivity contribution >= 4 is 41.2 Å². The number of aromatic hydroxyl groups is 1. The van der Waals surface area contributed by atoms with Gasteiger partial charge in [0.25, 0.3) is 0 Å². The van der Waals surface area contributed by atoms with Gasteiger partial charge in [0, 0.05) is 5.02 Å². The highest BCUT2D eigenvalue weighted by Crippen LogP contribution is 2.37. The van der Waals surface area contributed by atoms with Gasteiger partial charge in [-0.25, -0.2) is 4.99 Å². The molecule has 1 heterocycles. The lowest BCUT2D eigenvalue weighted by molar-refractivity contribution is -0.0886. The molecule has 0 aromatic heterocycles. The van der Waals surface area contributed by atoms with Gasteiger partial charge in [-0.2, -0.15) is 0 Å². The van der Waals surface area contributed by atoms with Gasteiger partial charge >= 0.3 is 0 Å². The van der Waals surface area contributed by atoms with Crippen LogP contribution in [0.3, 0.4) is 0 Å². The Labute approximate surface area is 182 Å². The highest BCUT2D eigenvalue weighted by atomic mass is 35.5. The number of phenolic OH excluding ortho intramolecular Hbond substituents is 1. The zero-order valence-corrected chi connectivity index (χ0v) is 17.2. The average Bonchev–Trinajstić information content (AvgIpc) is 3.15. The van der Waals surface area contributed by atoms with Gasteiger partial charge in [0.05, 0.1) is 16.6 Å². The number of hydrogen-bond acceptors (Lipinski definition) is 5. The summed E-state index contributed by atoms with van der Waals surface area (Å²) in [5.41, 5.74) is 1.71. The summed E-state index contributed by atoms with van der Waals surface area (Å²) in [6.07, 6.45) is 0.948. The number of nitrogens with zero attached hydrogens (tertiary/aromatic N) is 2. The van der Waals surface area contributed by atoms with E-state index in [0.717, 1.165) is 5.56 Å². The molecule has 0 saturated heterocycles. The summed E-state index contributed by atoms with van der Waals surface area (Å²) in [6.45, 7) is 0.470. The van der Waals surface area contributed by atoms with Crippen molar-refractivity contribution in [3.05, 3.63) is 86.9 Å². The molecule has 0 bridgehead atoms. The molecule has 0 saturated carbocycles. The van der Waals surface area contributed by atoms with Crippen molar-refractivity contribution in [2.24, 2.45) is 4.99 Å². The molecule has 1 aliphatic rings. The fourth-order valence-electron chi connectivity index (χ4n) is 2.90. The molecule has 0 fully saturated rings. The van der Waals surface area contributed by atoms with Crippen LogP contribution in [0.4, 0.5) is 0 Å². The number of benzene rings is 3. The minimum Gasteiger partial charge on any atom is -0.505 e. The molecule has 1 N–H and O–H groups in total. The first-order chi connectivity index (χ1) is 14.0. The number of rotatable bonds is 5. The molecular weight excluding hydrogens is 435 g/mol. The zero-order chi connectivity index (χ0) is 20.4. The number of phenols is 1. The molecule has 3 aromatic rings. The SMILES string of the molecule is Oc1c(Cl)cc(C2N=CON2Cc2ccc(Oc3cccc(Cl)c3)cc2)cc1Cl. The van der Waals surface area contributed by atoms with E-state index >= 15 is 0 Å². The maximum absolute atomic E-state index is 9.76. The van der Waals surface area contributed by atoms with Crippen LogP contribution >= 0.6 is 34.8 Å². The normalized spacial score (nSPS) is 16.0. The Kier molecular flexibility index (Phi) is 5.83. The fourth-order valence-corrected chi connectivity index (χ4v) is 3.58. The number of hydroxylamine groups is 2. The van der Waals surface area contributed by atoms with E-state index in [-0.39, 0.29) is 15.8 Å². The smallest absolute Gasteiger partial charge is 0.198 e. The van der Waals surface area contributed by atoms with E-state index in [1.54, 1.807) is 29.3 Å². The van der Waals surface area contributed by atoms with Gasteiger partial charge in [-0.15, -0.1) is 5.06 Å². The highest BCUT2D eigenvalue weighted by molar-refractivity contribution is 6.37. The maximum Gasteiger partial charge on any atom is 0.198 e. The van der Waals surface area contributed by atoms with E-state index in [1.807, 2.05) is 36.4 Å². The largest absolute Gasteiger partial charge is 0.505 e. The van der Waals surface area contributed by atoms with Gasteiger partial charge in [0.2, 0.25) is 0 Å². The lowest BCUT2D eigenvalue weighted by atomic mass is 10.1. The molecule has 0 radical (unpaired) electrons.